The summed E-state index contributed by atoms with van der Waals surface area (Å²) in [5, 5.41) is 2.67. The van der Waals surface area contributed by atoms with Crippen LogP contribution in [0.4, 0.5) is 14.5 Å². The molecule has 1 aliphatic rings. The summed E-state index contributed by atoms with van der Waals surface area (Å²) in [5.41, 5.74) is 0.273. The van der Waals surface area contributed by atoms with Crippen LogP contribution in [0, 0.1) is 11.6 Å². The number of carbonyl (C=O) groups excluding carboxylic acids is 1. The number of benzene rings is 2. The fourth-order valence-electron chi connectivity index (χ4n) is 2.96. The molecule has 156 valence electrons. The number of hydrogen-bond acceptors (Lipinski definition) is 4. The molecule has 0 radical (unpaired) electrons. The number of rotatable bonds is 6. The van der Waals surface area contributed by atoms with Crippen molar-refractivity contribution in [3.63, 3.8) is 0 Å². The van der Waals surface area contributed by atoms with Crippen molar-refractivity contribution in [2.45, 2.75) is 29.1 Å². The largest absolute Gasteiger partial charge is 0.325 e. The number of hydrogen-bond donors (Lipinski definition) is 1. The summed E-state index contributed by atoms with van der Waals surface area (Å²) in [6, 6.07) is 7.36. The lowest BCUT2D eigenvalue weighted by atomic mass is 10.2. The van der Waals surface area contributed by atoms with Gasteiger partial charge in [-0.15, -0.1) is 11.8 Å². The van der Waals surface area contributed by atoms with Crippen molar-refractivity contribution < 1.29 is 22.0 Å². The summed E-state index contributed by atoms with van der Waals surface area (Å²) in [6.45, 7) is 0.879. The molecule has 1 heterocycles. The molecule has 5 nitrogen and oxygen atoms in total. The number of piperidine rings is 1. The van der Waals surface area contributed by atoms with E-state index < -0.39 is 27.6 Å². The van der Waals surface area contributed by atoms with E-state index in [0.29, 0.717) is 13.1 Å². The molecule has 1 saturated heterocycles. The van der Waals surface area contributed by atoms with Crippen molar-refractivity contribution in [1.82, 2.24) is 4.31 Å². The Morgan fingerprint density at radius 2 is 1.83 bits per heavy atom. The minimum absolute atomic E-state index is 0.0592. The van der Waals surface area contributed by atoms with E-state index in [0.717, 1.165) is 43.2 Å². The Morgan fingerprint density at radius 1 is 1.10 bits per heavy atom. The Hall–Kier alpha value is -1.68. The molecule has 1 fully saturated rings. The second-order valence-corrected chi connectivity index (χ2v) is 9.85. The van der Waals surface area contributed by atoms with Gasteiger partial charge in [-0.3, -0.25) is 4.79 Å². The van der Waals surface area contributed by atoms with E-state index in [4.69, 9.17) is 11.6 Å². The van der Waals surface area contributed by atoms with Gasteiger partial charge in [-0.05, 0) is 43.2 Å². The highest BCUT2D eigenvalue weighted by atomic mass is 35.5. The van der Waals surface area contributed by atoms with E-state index in [9.17, 15) is 22.0 Å². The van der Waals surface area contributed by atoms with Crippen LogP contribution in [0.25, 0.3) is 0 Å². The third-order valence-electron chi connectivity index (χ3n) is 4.40. The highest BCUT2D eigenvalue weighted by molar-refractivity contribution is 8.00. The Morgan fingerprint density at radius 3 is 2.52 bits per heavy atom. The van der Waals surface area contributed by atoms with E-state index in [1.165, 1.54) is 28.6 Å². The lowest BCUT2D eigenvalue weighted by molar-refractivity contribution is -0.113. The maximum absolute atomic E-state index is 13.7. The summed E-state index contributed by atoms with van der Waals surface area (Å²) in [7, 11) is -3.76. The smallest absolute Gasteiger partial charge is 0.244 e. The van der Waals surface area contributed by atoms with Crippen molar-refractivity contribution in [2.75, 3.05) is 24.2 Å². The monoisotopic (exact) mass is 460 g/mol. The standard InChI is InChI=1S/C19H19ClF2N2O3S2/c20-15-6-5-14(11-18(15)29(26,27)24-8-2-1-3-9-24)23-19(25)12-28-17-7-4-13(21)10-16(17)22/h4-7,10-11H,1-3,8-9,12H2,(H,23,25). The van der Waals surface area contributed by atoms with Crippen LogP contribution in [-0.2, 0) is 14.8 Å². The molecule has 0 saturated carbocycles. The van der Waals surface area contributed by atoms with Gasteiger partial charge in [0.2, 0.25) is 15.9 Å². The molecule has 1 N–H and O–H groups in total. The zero-order valence-corrected chi connectivity index (χ0v) is 17.7. The minimum Gasteiger partial charge on any atom is -0.325 e. The molecule has 29 heavy (non-hydrogen) atoms. The molecule has 2 aromatic rings. The average Bonchev–Trinajstić information content (AvgIpc) is 2.69. The quantitative estimate of drug-likeness (QED) is 0.643. The maximum atomic E-state index is 13.7. The maximum Gasteiger partial charge on any atom is 0.244 e. The molecule has 0 bridgehead atoms. The van der Waals surface area contributed by atoms with Crippen molar-refractivity contribution >= 4 is 45.0 Å². The summed E-state index contributed by atoms with van der Waals surface area (Å²) in [6.07, 6.45) is 2.58. The lowest BCUT2D eigenvalue weighted by Gasteiger charge is -2.26. The number of halogens is 3. The van der Waals surface area contributed by atoms with Gasteiger partial charge in [0.25, 0.3) is 0 Å². The van der Waals surface area contributed by atoms with Crippen LogP contribution >= 0.6 is 23.4 Å². The summed E-state index contributed by atoms with van der Waals surface area (Å²) >= 11 is 7.03. The van der Waals surface area contributed by atoms with Gasteiger partial charge in [-0.2, -0.15) is 4.31 Å². The fraction of sp³-hybridized carbons (Fsp3) is 0.316. The van der Waals surface area contributed by atoms with Crippen LogP contribution in [0.1, 0.15) is 19.3 Å². The van der Waals surface area contributed by atoms with Gasteiger partial charge in [0.1, 0.15) is 16.5 Å². The van der Waals surface area contributed by atoms with E-state index >= 15 is 0 Å². The molecule has 0 atom stereocenters. The molecule has 10 heteroatoms. The first-order valence-electron chi connectivity index (χ1n) is 8.95. The first kappa shape index (κ1) is 22.0. The van der Waals surface area contributed by atoms with Gasteiger partial charge in [0.15, 0.2) is 0 Å². The molecule has 0 unspecified atom stereocenters. The first-order valence-corrected chi connectivity index (χ1v) is 11.7. The van der Waals surface area contributed by atoms with Crippen LogP contribution in [0.3, 0.4) is 0 Å². The zero-order chi connectivity index (χ0) is 21.0. The predicted molar refractivity (Wildman–Crippen MR) is 110 cm³/mol. The van der Waals surface area contributed by atoms with Crippen LogP contribution in [0.5, 0.6) is 0 Å². The van der Waals surface area contributed by atoms with Crippen LogP contribution in [0.2, 0.25) is 5.02 Å². The second kappa shape index (κ2) is 9.42. The van der Waals surface area contributed by atoms with Gasteiger partial charge in [0, 0.05) is 29.7 Å². The van der Waals surface area contributed by atoms with E-state index in [1.807, 2.05) is 0 Å². The highest BCUT2D eigenvalue weighted by Gasteiger charge is 2.28. The van der Waals surface area contributed by atoms with Crippen molar-refractivity contribution in [3.05, 3.63) is 53.1 Å². The summed E-state index contributed by atoms with van der Waals surface area (Å²) in [5.74, 6) is -2.02. The molecule has 0 spiro atoms. The average molecular weight is 461 g/mol. The molecule has 1 amide bonds. The molecule has 2 aromatic carbocycles. The number of thioether (sulfide) groups is 1. The van der Waals surface area contributed by atoms with Gasteiger partial charge in [-0.25, -0.2) is 17.2 Å². The Balaban J connectivity index is 1.69. The molecule has 3 rings (SSSR count). The normalized spacial score (nSPS) is 15.3. The van der Waals surface area contributed by atoms with Gasteiger partial charge >= 0.3 is 0 Å². The summed E-state index contributed by atoms with van der Waals surface area (Å²) in [4.78, 5) is 12.3. The number of anilines is 1. The molecular weight excluding hydrogens is 442 g/mol. The first-order chi connectivity index (χ1) is 13.8. The van der Waals surface area contributed by atoms with E-state index in [1.54, 1.807) is 0 Å². The number of carbonyl (C=O) groups is 1. The fourth-order valence-corrected chi connectivity index (χ4v) is 5.69. The Bertz CT molecular complexity index is 1010. The highest BCUT2D eigenvalue weighted by Crippen LogP contribution is 2.30. The number of nitrogens with one attached hydrogen (secondary N) is 1. The third-order valence-corrected chi connectivity index (χ3v) is 7.83. The molecule has 0 aromatic heterocycles. The van der Waals surface area contributed by atoms with Crippen LogP contribution in [-0.4, -0.2) is 37.5 Å². The Kier molecular flexibility index (Phi) is 7.15. The van der Waals surface area contributed by atoms with E-state index in [2.05, 4.69) is 5.32 Å². The van der Waals surface area contributed by atoms with Gasteiger partial charge in [-0.1, -0.05) is 18.0 Å². The number of amides is 1. The van der Waals surface area contributed by atoms with Gasteiger partial charge < -0.3 is 5.32 Å². The molecule has 0 aliphatic carbocycles. The summed E-state index contributed by atoms with van der Waals surface area (Å²) < 4.78 is 53.7. The van der Waals surface area contributed by atoms with Crippen LogP contribution in [0.15, 0.2) is 46.2 Å². The van der Waals surface area contributed by atoms with Crippen molar-refractivity contribution in [1.29, 1.82) is 0 Å². The topological polar surface area (TPSA) is 66.5 Å². The molecule has 1 aliphatic heterocycles. The zero-order valence-electron chi connectivity index (χ0n) is 15.3. The lowest BCUT2D eigenvalue weighted by Crippen LogP contribution is -2.35. The van der Waals surface area contributed by atoms with Gasteiger partial charge in [0.05, 0.1) is 10.8 Å². The number of nitrogens with zero attached hydrogens (tertiary/aromatic N) is 1. The predicted octanol–water partition coefficient (Wildman–Crippen LogP) is 4.52. The van der Waals surface area contributed by atoms with Crippen molar-refractivity contribution in [3.8, 4) is 0 Å². The van der Waals surface area contributed by atoms with Crippen molar-refractivity contribution in [2.24, 2.45) is 0 Å². The SMILES string of the molecule is O=C(CSc1ccc(F)cc1F)Nc1ccc(Cl)c(S(=O)(=O)N2CCCCC2)c1. The Labute approximate surface area is 177 Å². The number of sulfonamides is 1. The van der Waals surface area contributed by atoms with Crippen LogP contribution < -0.4 is 5.32 Å². The van der Waals surface area contributed by atoms with E-state index in [-0.39, 0.29) is 26.3 Å². The second-order valence-electron chi connectivity index (χ2n) is 6.52. The minimum atomic E-state index is -3.76. The molecular formula is C19H19ClF2N2O3S2. The third kappa shape index (κ3) is 5.48.